The zero-order valence-corrected chi connectivity index (χ0v) is 20.9. The number of para-hydroxylation sites is 1. The van der Waals surface area contributed by atoms with Crippen LogP contribution in [0.1, 0.15) is 88.0 Å². The van der Waals surface area contributed by atoms with Crippen molar-refractivity contribution in [1.29, 1.82) is 0 Å². The van der Waals surface area contributed by atoms with Gasteiger partial charge in [0.25, 0.3) is 5.91 Å². The standard InChI is InChI=1S/C15H21NO2.C3H8.2C2H6.CH4.W/c1-12-7-9-13(10-8-12)16-15(17)11-18-14-5-3-2-4-6-14;1-3-2;2*1-2;;/h2-6,12-13H,7-11H2,1H3,(H,16,17);3H2,1-2H3;2*1-2H3;1H4;. The quantitative estimate of drug-likeness (QED) is 0.444. The fourth-order valence-electron chi connectivity index (χ4n) is 2.34. The van der Waals surface area contributed by atoms with Crippen molar-refractivity contribution in [3.63, 3.8) is 0 Å². The first kappa shape index (κ1) is 33.7. The molecule has 1 aliphatic carbocycles. The SMILES string of the molecule is C.CC.CC.CC1CCC(NC(=O)COc2ccccc2)CC1.CCC.[W]. The van der Waals surface area contributed by atoms with Crippen molar-refractivity contribution in [2.24, 2.45) is 5.92 Å². The summed E-state index contributed by atoms with van der Waals surface area (Å²) in [6.07, 6.45) is 5.87. The van der Waals surface area contributed by atoms with Gasteiger partial charge >= 0.3 is 0 Å². The first-order chi connectivity index (χ1) is 12.2. The fraction of sp³-hybridized carbons (Fsp3) is 0.696. The summed E-state index contributed by atoms with van der Waals surface area (Å²) in [5.41, 5.74) is 0. The molecule has 27 heavy (non-hydrogen) atoms. The van der Waals surface area contributed by atoms with Crippen LogP contribution in [0.15, 0.2) is 30.3 Å². The van der Waals surface area contributed by atoms with E-state index in [1.807, 2.05) is 58.0 Å². The molecular weight excluding hydrogens is 506 g/mol. The van der Waals surface area contributed by atoms with Crippen LogP contribution in [-0.2, 0) is 25.9 Å². The minimum absolute atomic E-state index is 0. The Morgan fingerprint density at radius 2 is 1.44 bits per heavy atom. The van der Waals surface area contributed by atoms with E-state index in [-0.39, 0.29) is 41.0 Å². The Hall–Kier alpha value is -0.822. The topological polar surface area (TPSA) is 38.3 Å². The average molecular weight is 551 g/mol. The van der Waals surface area contributed by atoms with Crippen molar-refractivity contribution >= 4 is 5.91 Å². The van der Waals surface area contributed by atoms with Crippen LogP contribution in [0.3, 0.4) is 0 Å². The first-order valence-electron chi connectivity index (χ1n) is 10.1. The van der Waals surface area contributed by atoms with Gasteiger partial charge in [0.15, 0.2) is 6.61 Å². The van der Waals surface area contributed by atoms with Gasteiger partial charge in [-0.1, -0.05) is 80.5 Å². The van der Waals surface area contributed by atoms with Crippen molar-refractivity contribution in [1.82, 2.24) is 5.32 Å². The minimum Gasteiger partial charge on any atom is -0.484 e. The Morgan fingerprint density at radius 3 is 1.89 bits per heavy atom. The van der Waals surface area contributed by atoms with Crippen LogP contribution in [0.25, 0.3) is 0 Å². The summed E-state index contributed by atoms with van der Waals surface area (Å²) in [4.78, 5) is 11.7. The molecule has 1 fully saturated rings. The van der Waals surface area contributed by atoms with E-state index in [0.29, 0.717) is 6.04 Å². The molecule has 1 aliphatic rings. The fourth-order valence-corrected chi connectivity index (χ4v) is 2.34. The van der Waals surface area contributed by atoms with Gasteiger partial charge in [-0.05, 0) is 43.7 Å². The normalized spacial score (nSPS) is 16.7. The number of carbonyl (C=O) groups excluding carboxylic acids is 1. The van der Waals surface area contributed by atoms with E-state index in [1.165, 1.54) is 19.3 Å². The third kappa shape index (κ3) is 19.7. The van der Waals surface area contributed by atoms with Gasteiger partial charge in [0.2, 0.25) is 0 Å². The maximum absolute atomic E-state index is 11.7. The van der Waals surface area contributed by atoms with Gasteiger partial charge in [0.05, 0.1) is 0 Å². The summed E-state index contributed by atoms with van der Waals surface area (Å²) < 4.78 is 5.42. The summed E-state index contributed by atoms with van der Waals surface area (Å²) >= 11 is 0. The molecule has 0 saturated heterocycles. The molecule has 0 unspecified atom stereocenters. The van der Waals surface area contributed by atoms with E-state index in [2.05, 4.69) is 26.1 Å². The Labute approximate surface area is 184 Å². The molecule has 1 aromatic carbocycles. The van der Waals surface area contributed by atoms with E-state index in [1.54, 1.807) is 0 Å². The van der Waals surface area contributed by atoms with Gasteiger partial charge < -0.3 is 10.1 Å². The second kappa shape index (κ2) is 25.2. The van der Waals surface area contributed by atoms with Gasteiger partial charge in [-0.2, -0.15) is 0 Å². The van der Waals surface area contributed by atoms with Crippen LogP contribution in [-0.4, -0.2) is 18.6 Å². The van der Waals surface area contributed by atoms with E-state index >= 15 is 0 Å². The Bertz CT molecular complexity index is 391. The van der Waals surface area contributed by atoms with E-state index in [0.717, 1.165) is 24.5 Å². The number of carbonyl (C=O) groups is 1. The molecule has 0 atom stereocenters. The maximum Gasteiger partial charge on any atom is 0.258 e. The summed E-state index contributed by atoms with van der Waals surface area (Å²) in [6.45, 7) is 14.6. The van der Waals surface area contributed by atoms with Crippen LogP contribution in [0.2, 0.25) is 0 Å². The molecule has 0 heterocycles. The number of amides is 1. The molecule has 0 radical (unpaired) electrons. The van der Waals surface area contributed by atoms with E-state index < -0.39 is 0 Å². The van der Waals surface area contributed by atoms with Crippen molar-refractivity contribution in [2.45, 2.75) is 94.0 Å². The minimum atomic E-state index is -0.0154. The predicted molar refractivity (Wildman–Crippen MR) is 117 cm³/mol. The van der Waals surface area contributed by atoms with Gasteiger partial charge in [0, 0.05) is 27.1 Å². The molecule has 160 valence electrons. The molecule has 0 aromatic heterocycles. The average Bonchev–Trinajstić information content (AvgIpc) is 2.67. The number of benzene rings is 1. The number of hydrogen-bond acceptors (Lipinski definition) is 2. The molecular formula is C23H45NO2W. The summed E-state index contributed by atoms with van der Waals surface area (Å²) in [7, 11) is 0. The molecule has 1 amide bonds. The molecule has 0 spiro atoms. The number of nitrogens with one attached hydrogen (secondary N) is 1. The third-order valence-electron chi connectivity index (χ3n) is 3.49. The van der Waals surface area contributed by atoms with E-state index in [4.69, 9.17) is 4.74 Å². The second-order valence-electron chi connectivity index (χ2n) is 5.83. The third-order valence-corrected chi connectivity index (χ3v) is 3.49. The van der Waals surface area contributed by atoms with Crippen LogP contribution in [0.4, 0.5) is 0 Å². The first-order valence-corrected chi connectivity index (χ1v) is 10.1. The number of hydrogen-bond donors (Lipinski definition) is 1. The van der Waals surface area contributed by atoms with Gasteiger partial charge in [-0.3, -0.25) is 4.79 Å². The van der Waals surface area contributed by atoms with Gasteiger partial charge in [-0.25, -0.2) is 0 Å². The van der Waals surface area contributed by atoms with Crippen molar-refractivity contribution in [3.8, 4) is 5.75 Å². The van der Waals surface area contributed by atoms with Crippen molar-refractivity contribution in [2.75, 3.05) is 6.61 Å². The Balaban J connectivity index is -0.000000262. The number of ether oxygens (including phenoxy) is 1. The monoisotopic (exact) mass is 551 g/mol. The zero-order chi connectivity index (χ0) is 19.5. The van der Waals surface area contributed by atoms with Crippen LogP contribution < -0.4 is 10.1 Å². The molecule has 4 heteroatoms. The molecule has 0 aliphatic heterocycles. The summed E-state index contributed by atoms with van der Waals surface area (Å²) in [5.74, 6) is 1.53. The molecule has 0 bridgehead atoms. The van der Waals surface area contributed by atoms with E-state index in [9.17, 15) is 4.79 Å². The summed E-state index contributed by atoms with van der Waals surface area (Å²) in [5, 5.41) is 3.05. The number of rotatable bonds is 4. The molecule has 1 N–H and O–H groups in total. The maximum atomic E-state index is 11.7. The molecule has 3 nitrogen and oxygen atoms in total. The van der Waals surface area contributed by atoms with Crippen LogP contribution >= 0.6 is 0 Å². The Morgan fingerprint density at radius 1 is 1.00 bits per heavy atom. The second-order valence-corrected chi connectivity index (χ2v) is 5.83. The van der Waals surface area contributed by atoms with Crippen molar-refractivity contribution in [3.05, 3.63) is 30.3 Å². The van der Waals surface area contributed by atoms with Crippen molar-refractivity contribution < 1.29 is 30.6 Å². The van der Waals surface area contributed by atoms with Crippen LogP contribution in [0, 0.1) is 5.92 Å². The molecule has 1 saturated carbocycles. The summed E-state index contributed by atoms with van der Waals surface area (Å²) in [6, 6.07) is 9.78. The van der Waals surface area contributed by atoms with Gasteiger partial charge in [0.1, 0.15) is 5.75 Å². The molecule has 1 aromatic rings. The smallest absolute Gasteiger partial charge is 0.258 e. The largest absolute Gasteiger partial charge is 0.484 e. The molecule has 2 rings (SSSR count). The Kier molecular flexibility index (Phi) is 31.5. The van der Waals surface area contributed by atoms with Crippen LogP contribution in [0.5, 0.6) is 5.75 Å². The van der Waals surface area contributed by atoms with Gasteiger partial charge in [-0.15, -0.1) is 0 Å². The zero-order valence-electron chi connectivity index (χ0n) is 18.0. The predicted octanol–water partition coefficient (Wildman–Crippen LogP) is 6.86.